The standard InChI is InChI=1S/C10H17N3O/c1-4-7(3)11-10(14)9-6-8(5-2)12-13-9/h6-7H,4-5H2,1-3H3,(H,11,14)(H,12,13). The first-order valence-electron chi connectivity index (χ1n) is 5.02. The van der Waals surface area contributed by atoms with Gasteiger partial charge in [0.2, 0.25) is 0 Å². The number of hydrogen-bond donors (Lipinski definition) is 2. The first-order chi connectivity index (χ1) is 6.67. The van der Waals surface area contributed by atoms with Gasteiger partial charge in [0, 0.05) is 11.7 Å². The van der Waals surface area contributed by atoms with Gasteiger partial charge in [0.1, 0.15) is 5.69 Å². The van der Waals surface area contributed by atoms with Crippen LogP contribution in [-0.4, -0.2) is 22.1 Å². The summed E-state index contributed by atoms with van der Waals surface area (Å²) in [5, 5.41) is 9.62. The van der Waals surface area contributed by atoms with Crippen molar-refractivity contribution in [2.75, 3.05) is 0 Å². The van der Waals surface area contributed by atoms with Crippen LogP contribution in [0.5, 0.6) is 0 Å². The molecule has 4 heteroatoms. The van der Waals surface area contributed by atoms with Gasteiger partial charge in [-0.05, 0) is 25.8 Å². The van der Waals surface area contributed by atoms with E-state index in [0.717, 1.165) is 18.5 Å². The molecule has 14 heavy (non-hydrogen) atoms. The van der Waals surface area contributed by atoms with E-state index in [1.54, 1.807) is 6.07 Å². The largest absolute Gasteiger partial charge is 0.348 e. The van der Waals surface area contributed by atoms with Gasteiger partial charge in [0.05, 0.1) is 0 Å². The molecule has 1 amide bonds. The normalized spacial score (nSPS) is 12.5. The fraction of sp³-hybridized carbons (Fsp3) is 0.600. The molecule has 0 aliphatic heterocycles. The third-order valence-electron chi connectivity index (χ3n) is 2.23. The van der Waals surface area contributed by atoms with Gasteiger partial charge in [-0.25, -0.2) is 0 Å². The highest BCUT2D eigenvalue weighted by Gasteiger charge is 2.11. The van der Waals surface area contributed by atoms with Crippen LogP contribution in [0.15, 0.2) is 6.07 Å². The van der Waals surface area contributed by atoms with Gasteiger partial charge in [-0.15, -0.1) is 0 Å². The summed E-state index contributed by atoms with van der Waals surface area (Å²) in [6.07, 6.45) is 1.79. The molecule has 0 bridgehead atoms. The van der Waals surface area contributed by atoms with Gasteiger partial charge in [-0.3, -0.25) is 9.89 Å². The molecule has 4 nitrogen and oxygen atoms in total. The van der Waals surface area contributed by atoms with Crippen molar-refractivity contribution < 1.29 is 4.79 Å². The molecule has 0 aliphatic rings. The van der Waals surface area contributed by atoms with Crippen LogP contribution < -0.4 is 5.32 Å². The second kappa shape index (κ2) is 4.79. The lowest BCUT2D eigenvalue weighted by molar-refractivity contribution is 0.0934. The molecule has 1 atom stereocenters. The highest BCUT2D eigenvalue weighted by Crippen LogP contribution is 2.01. The Morgan fingerprint density at radius 1 is 1.64 bits per heavy atom. The summed E-state index contributed by atoms with van der Waals surface area (Å²) >= 11 is 0. The van der Waals surface area contributed by atoms with Gasteiger partial charge in [0.25, 0.3) is 5.91 Å². The second-order valence-electron chi connectivity index (χ2n) is 3.41. The number of hydrogen-bond acceptors (Lipinski definition) is 2. The molecule has 0 spiro atoms. The lowest BCUT2D eigenvalue weighted by atomic mass is 10.2. The topological polar surface area (TPSA) is 57.8 Å². The predicted molar refractivity (Wildman–Crippen MR) is 55.2 cm³/mol. The molecule has 1 heterocycles. The van der Waals surface area contributed by atoms with E-state index in [2.05, 4.69) is 15.5 Å². The number of H-pyrrole nitrogens is 1. The Bertz CT molecular complexity index is 306. The summed E-state index contributed by atoms with van der Waals surface area (Å²) in [4.78, 5) is 11.5. The minimum absolute atomic E-state index is 0.102. The maximum absolute atomic E-state index is 11.5. The van der Waals surface area contributed by atoms with Crippen molar-refractivity contribution in [1.29, 1.82) is 0 Å². The van der Waals surface area contributed by atoms with Crippen LogP contribution in [0.2, 0.25) is 0 Å². The number of nitrogens with one attached hydrogen (secondary N) is 2. The molecule has 0 saturated carbocycles. The number of nitrogens with zero attached hydrogens (tertiary/aromatic N) is 1. The van der Waals surface area contributed by atoms with Gasteiger partial charge in [-0.1, -0.05) is 13.8 Å². The summed E-state index contributed by atoms with van der Waals surface area (Å²) in [5.41, 5.74) is 1.46. The molecule has 0 fully saturated rings. The fourth-order valence-corrected chi connectivity index (χ4v) is 1.06. The van der Waals surface area contributed by atoms with Crippen LogP contribution in [0.25, 0.3) is 0 Å². The van der Waals surface area contributed by atoms with Crippen molar-refractivity contribution in [2.24, 2.45) is 0 Å². The summed E-state index contributed by atoms with van der Waals surface area (Å²) < 4.78 is 0. The van der Waals surface area contributed by atoms with Gasteiger partial charge >= 0.3 is 0 Å². The maximum atomic E-state index is 11.5. The number of aromatic nitrogens is 2. The van der Waals surface area contributed by atoms with Crippen LogP contribution in [0.4, 0.5) is 0 Å². The summed E-state index contributed by atoms with van der Waals surface area (Å²) in [7, 11) is 0. The van der Waals surface area contributed by atoms with Crippen molar-refractivity contribution in [3.8, 4) is 0 Å². The Labute approximate surface area is 84.1 Å². The van der Waals surface area contributed by atoms with E-state index in [9.17, 15) is 4.79 Å². The number of aromatic amines is 1. The Morgan fingerprint density at radius 3 is 2.86 bits per heavy atom. The molecule has 0 saturated heterocycles. The molecule has 2 N–H and O–H groups in total. The van der Waals surface area contributed by atoms with E-state index in [1.165, 1.54) is 0 Å². The molecule has 0 aromatic carbocycles. The van der Waals surface area contributed by atoms with Gasteiger partial charge < -0.3 is 5.32 Å². The SMILES string of the molecule is CCc1cc(C(=O)NC(C)CC)n[nH]1. The quantitative estimate of drug-likeness (QED) is 0.765. The number of carbonyl (C=O) groups is 1. The third-order valence-corrected chi connectivity index (χ3v) is 2.23. The molecular weight excluding hydrogens is 178 g/mol. The number of carbonyl (C=O) groups excluding carboxylic acids is 1. The summed E-state index contributed by atoms with van der Waals surface area (Å²) in [6, 6.07) is 1.99. The smallest absolute Gasteiger partial charge is 0.271 e. The lowest BCUT2D eigenvalue weighted by Crippen LogP contribution is -2.32. The molecular formula is C10H17N3O. The number of rotatable bonds is 4. The van der Waals surface area contributed by atoms with E-state index in [0.29, 0.717) is 5.69 Å². The zero-order valence-electron chi connectivity index (χ0n) is 8.92. The van der Waals surface area contributed by atoms with Crippen LogP contribution in [-0.2, 0) is 6.42 Å². The first-order valence-corrected chi connectivity index (χ1v) is 5.02. The van der Waals surface area contributed by atoms with E-state index < -0.39 is 0 Å². The monoisotopic (exact) mass is 195 g/mol. The average Bonchev–Trinajstić information content (AvgIpc) is 2.65. The predicted octanol–water partition coefficient (Wildman–Crippen LogP) is 1.50. The third kappa shape index (κ3) is 2.58. The van der Waals surface area contributed by atoms with Crippen molar-refractivity contribution >= 4 is 5.91 Å². The highest BCUT2D eigenvalue weighted by atomic mass is 16.2. The van der Waals surface area contributed by atoms with E-state index in [4.69, 9.17) is 0 Å². The molecule has 0 radical (unpaired) electrons. The number of amides is 1. The Kier molecular flexibility index (Phi) is 3.68. The van der Waals surface area contributed by atoms with E-state index in [1.807, 2.05) is 20.8 Å². The van der Waals surface area contributed by atoms with Crippen LogP contribution in [0.3, 0.4) is 0 Å². The van der Waals surface area contributed by atoms with Crippen molar-refractivity contribution in [2.45, 2.75) is 39.7 Å². The van der Waals surface area contributed by atoms with Crippen LogP contribution >= 0.6 is 0 Å². The van der Waals surface area contributed by atoms with Gasteiger partial charge in [0.15, 0.2) is 0 Å². The molecule has 78 valence electrons. The zero-order chi connectivity index (χ0) is 10.6. The van der Waals surface area contributed by atoms with Crippen molar-refractivity contribution in [1.82, 2.24) is 15.5 Å². The summed E-state index contributed by atoms with van der Waals surface area (Å²) in [5.74, 6) is -0.102. The molecule has 1 aromatic rings. The number of aryl methyl sites for hydroxylation is 1. The van der Waals surface area contributed by atoms with Crippen molar-refractivity contribution in [3.63, 3.8) is 0 Å². The Balaban J connectivity index is 2.60. The minimum atomic E-state index is -0.102. The van der Waals surface area contributed by atoms with Crippen LogP contribution in [0.1, 0.15) is 43.4 Å². The van der Waals surface area contributed by atoms with E-state index in [-0.39, 0.29) is 11.9 Å². The molecule has 1 aromatic heterocycles. The molecule has 0 aliphatic carbocycles. The fourth-order valence-electron chi connectivity index (χ4n) is 1.06. The zero-order valence-corrected chi connectivity index (χ0v) is 8.92. The second-order valence-corrected chi connectivity index (χ2v) is 3.41. The lowest BCUT2D eigenvalue weighted by Gasteiger charge is -2.08. The minimum Gasteiger partial charge on any atom is -0.348 e. The van der Waals surface area contributed by atoms with Gasteiger partial charge in [-0.2, -0.15) is 5.10 Å². The first kappa shape index (κ1) is 10.8. The average molecular weight is 195 g/mol. The maximum Gasteiger partial charge on any atom is 0.271 e. The van der Waals surface area contributed by atoms with Crippen molar-refractivity contribution in [3.05, 3.63) is 17.5 Å². The van der Waals surface area contributed by atoms with E-state index >= 15 is 0 Å². The molecule has 1 unspecified atom stereocenters. The van der Waals surface area contributed by atoms with Crippen LogP contribution in [0, 0.1) is 0 Å². The Morgan fingerprint density at radius 2 is 2.36 bits per heavy atom. The Hall–Kier alpha value is -1.32. The summed E-state index contributed by atoms with van der Waals surface area (Å²) in [6.45, 7) is 6.03. The molecule has 1 rings (SSSR count). The highest BCUT2D eigenvalue weighted by molar-refractivity contribution is 5.92.